The van der Waals surface area contributed by atoms with Gasteiger partial charge in [-0.25, -0.2) is 4.79 Å². The molecule has 0 aliphatic rings. The van der Waals surface area contributed by atoms with Gasteiger partial charge in [0.1, 0.15) is 5.60 Å². The SMILES string of the molecule is C=CCCCCOC(=O)OC(C)(C)C. The molecule has 0 fully saturated rings. The van der Waals surface area contributed by atoms with Crippen LogP contribution in [0, 0.1) is 0 Å². The van der Waals surface area contributed by atoms with Crippen LogP contribution < -0.4 is 0 Å². The third kappa shape index (κ3) is 9.10. The lowest BCUT2D eigenvalue weighted by atomic mass is 10.2. The second kappa shape index (κ2) is 6.46. The van der Waals surface area contributed by atoms with E-state index in [1.807, 2.05) is 26.8 Å². The molecule has 0 aromatic heterocycles. The minimum atomic E-state index is -0.587. The van der Waals surface area contributed by atoms with E-state index in [0.717, 1.165) is 19.3 Å². The van der Waals surface area contributed by atoms with Crippen LogP contribution in [0.5, 0.6) is 0 Å². The van der Waals surface area contributed by atoms with Crippen molar-refractivity contribution in [3.63, 3.8) is 0 Å². The molecule has 0 heterocycles. The minimum Gasteiger partial charge on any atom is -0.434 e. The number of unbranched alkanes of at least 4 members (excludes halogenated alkanes) is 2. The molecule has 0 aromatic carbocycles. The summed E-state index contributed by atoms with van der Waals surface area (Å²) in [6.45, 7) is 9.46. The number of carbonyl (C=O) groups is 1. The van der Waals surface area contributed by atoms with E-state index in [9.17, 15) is 4.79 Å². The molecule has 0 N–H and O–H groups in total. The Labute approximate surface area is 86.1 Å². The highest BCUT2D eigenvalue weighted by Crippen LogP contribution is 2.08. The van der Waals surface area contributed by atoms with Crippen molar-refractivity contribution in [1.82, 2.24) is 0 Å². The van der Waals surface area contributed by atoms with Crippen LogP contribution in [0.3, 0.4) is 0 Å². The highest BCUT2D eigenvalue weighted by molar-refractivity contribution is 5.60. The third-order valence-electron chi connectivity index (χ3n) is 1.41. The van der Waals surface area contributed by atoms with Crippen molar-refractivity contribution in [1.29, 1.82) is 0 Å². The lowest BCUT2D eigenvalue weighted by molar-refractivity contribution is -0.00761. The highest BCUT2D eigenvalue weighted by atomic mass is 16.7. The summed E-state index contributed by atoms with van der Waals surface area (Å²) in [4.78, 5) is 11.0. The molecule has 0 amide bonds. The van der Waals surface area contributed by atoms with Crippen LogP contribution in [-0.2, 0) is 9.47 Å². The fourth-order valence-corrected chi connectivity index (χ4v) is 0.826. The molecule has 0 aromatic rings. The van der Waals surface area contributed by atoms with E-state index in [0.29, 0.717) is 6.61 Å². The summed E-state index contributed by atoms with van der Waals surface area (Å²) in [6.07, 6.45) is 4.07. The van der Waals surface area contributed by atoms with Gasteiger partial charge >= 0.3 is 6.16 Å². The van der Waals surface area contributed by atoms with Crippen LogP contribution in [0.25, 0.3) is 0 Å². The topological polar surface area (TPSA) is 35.5 Å². The zero-order valence-corrected chi connectivity index (χ0v) is 9.34. The Kier molecular flexibility index (Phi) is 6.00. The van der Waals surface area contributed by atoms with Crippen molar-refractivity contribution in [2.24, 2.45) is 0 Å². The Bertz CT molecular complexity index is 179. The van der Waals surface area contributed by atoms with Gasteiger partial charge in [0.15, 0.2) is 0 Å². The van der Waals surface area contributed by atoms with E-state index in [2.05, 4.69) is 6.58 Å². The molecule has 3 nitrogen and oxygen atoms in total. The summed E-state index contributed by atoms with van der Waals surface area (Å²) in [5, 5.41) is 0. The average molecular weight is 200 g/mol. The molecular weight excluding hydrogens is 180 g/mol. The van der Waals surface area contributed by atoms with Gasteiger partial charge in [-0.05, 0) is 40.0 Å². The van der Waals surface area contributed by atoms with Crippen LogP contribution >= 0.6 is 0 Å². The van der Waals surface area contributed by atoms with Crippen LogP contribution in [0.15, 0.2) is 12.7 Å². The van der Waals surface area contributed by atoms with Gasteiger partial charge in [-0.15, -0.1) is 6.58 Å². The lowest BCUT2D eigenvalue weighted by Gasteiger charge is -2.18. The fraction of sp³-hybridized carbons (Fsp3) is 0.727. The number of hydrogen-bond donors (Lipinski definition) is 0. The third-order valence-corrected chi connectivity index (χ3v) is 1.41. The first-order valence-corrected chi connectivity index (χ1v) is 4.92. The number of ether oxygens (including phenoxy) is 2. The van der Waals surface area contributed by atoms with Crippen molar-refractivity contribution < 1.29 is 14.3 Å². The van der Waals surface area contributed by atoms with Gasteiger partial charge in [0.05, 0.1) is 6.61 Å². The van der Waals surface area contributed by atoms with Gasteiger partial charge in [0.2, 0.25) is 0 Å². The molecule has 14 heavy (non-hydrogen) atoms. The lowest BCUT2D eigenvalue weighted by Crippen LogP contribution is -2.24. The first-order valence-electron chi connectivity index (χ1n) is 4.92. The zero-order valence-electron chi connectivity index (χ0n) is 9.34. The Balaban J connectivity index is 3.41. The largest absolute Gasteiger partial charge is 0.508 e. The minimum absolute atomic E-state index is 0.419. The summed E-state index contributed by atoms with van der Waals surface area (Å²) in [5.41, 5.74) is -0.474. The summed E-state index contributed by atoms with van der Waals surface area (Å²) in [7, 11) is 0. The predicted molar refractivity (Wildman–Crippen MR) is 56.2 cm³/mol. The molecule has 0 aliphatic heterocycles. The van der Waals surface area contributed by atoms with Crippen LogP contribution in [0.2, 0.25) is 0 Å². The molecule has 0 unspecified atom stereocenters. The molecule has 0 rings (SSSR count). The molecule has 0 aliphatic carbocycles. The first kappa shape index (κ1) is 13.0. The van der Waals surface area contributed by atoms with Crippen LogP contribution in [-0.4, -0.2) is 18.4 Å². The quantitative estimate of drug-likeness (QED) is 0.388. The van der Waals surface area contributed by atoms with E-state index < -0.39 is 11.8 Å². The maximum Gasteiger partial charge on any atom is 0.508 e. The van der Waals surface area contributed by atoms with Gasteiger partial charge < -0.3 is 9.47 Å². The molecule has 0 spiro atoms. The molecule has 0 saturated carbocycles. The first-order chi connectivity index (χ1) is 6.45. The second-order valence-corrected chi connectivity index (χ2v) is 4.10. The normalized spacial score (nSPS) is 10.8. The molecular formula is C11H20O3. The summed E-state index contributed by atoms with van der Waals surface area (Å²) in [5.74, 6) is 0. The highest BCUT2D eigenvalue weighted by Gasteiger charge is 2.16. The van der Waals surface area contributed by atoms with Gasteiger partial charge in [-0.3, -0.25) is 0 Å². The number of hydrogen-bond acceptors (Lipinski definition) is 3. The smallest absolute Gasteiger partial charge is 0.434 e. The monoisotopic (exact) mass is 200 g/mol. The number of allylic oxidation sites excluding steroid dienone is 1. The molecule has 82 valence electrons. The Morgan fingerprint density at radius 3 is 2.50 bits per heavy atom. The summed E-state index contributed by atoms with van der Waals surface area (Å²) >= 11 is 0. The van der Waals surface area contributed by atoms with Crippen molar-refractivity contribution in [2.75, 3.05) is 6.61 Å². The van der Waals surface area contributed by atoms with Crippen molar-refractivity contribution >= 4 is 6.16 Å². The maximum atomic E-state index is 11.0. The zero-order chi connectivity index (χ0) is 11.0. The molecule has 3 heteroatoms. The number of carbonyl (C=O) groups excluding carboxylic acids is 1. The number of rotatable bonds is 5. The van der Waals surface area contributed by atoms with Crippen LogP contribution in [0.4, 0.5) is 4.79 Å². The molecule has 0 bridgehead atoms. The van der Waals surface area contributed by atoms with E-state index in [1.165, 1.54) is 0 Å². The Morgan fingerprint density at radius 2 is 2.00 bits per heavy atom. The van der Waals surface area contributed by atoms with Gasteiger partial charge in [-0.1, -0.05) is 6.08 Å². The van der Waals surface area contributed by atoms with Crippen molar-refractivity contribution in [3.8, 4) is 0 Å². The van der Waals surface area contributed by atoms with Crippen molar-refractivity contribution in [2.45, 2.75) is 45.6 Å². The van der Waals surface area contributed by atoms with Gasteiger partial charge in [0, 0.05) is 0 Å². The van der Waals surface area contributed by atoms with E-state index in [-0.39, 0.29) is 0 Å². The van der Waals surface area contributed by atoms with Gasteiger partial charge in [-0.2, -0.15) is 0 Å². The molecule has 0 radical (unpaired) electrons. The maximum absolute atomic E-state index is 11.0. The fourth-order valence-electron chi connectivity index (χ4n) is 0.826. The molecule has 0 atom stereocenters. The standard InChI is InChI=1S/C11H20O3/c1-5-6-7-8-9-13-10(12)14-11(2,3)4/h5H,1,6-9H2,2-4H3. The van der Waals surface area contributed by atoms with E-state index in [1.54, 1.807) is 0 Å². The predicted octanol–water partition coefficient (Wildman–Crippen LogP) is 3.29. The summed E-state index contributed by atoms with van der Waals surface area (Å²) < 4.78 is 9.83. The Hall–Kier alpha value is -0.990. The Morgan fingerprint density at radius 1 is 1.36 bits per heavy atom. The average Bonchev–Trinajstić information content (AvgIpc) is 2.00. The van der Waals surface area contributed by atoms with E-state index in [4.69, 9.17) is 9.47 Å². The van der Waals surface area contributed by atoms with Gasteiger partial charge in [0.25, 0.3) is 0 Å². The van der Waals surface area contributed by atoms with Crippen molar-refractivity contribution in [3.05, 3.63) is 12.7 Å². The summed E-state index contributed by atoms with van der Waals surface area (Å²) in [6, 6.07) is 0. The molecule has 0 saturated heterocycles. The van der Waals surface area contributed by atoms with Crippen LogP contribution in [0.1, 0.15) is 40.0 Å². The second-order valence-electron chi connectivity index (χ2n) is 4.10. The van der Waals surface area contributed by atoms with E-state index >= 15 is 0 Å².